The number of carboxylic acid groups (broad SMARTS) is 1. The predicted molar refractivity (Wildman–Crippen MR) is 38.3 cm³/mol. The molecule has 0 aromatic carbocycles. The molecule has 0 aliphatic heterocycles. The van der Waals surface area contributed by atoms with E-state index in [0.29, 0.717) is 0 Å². The van der Waals surface area contributed by atoms with E-state index >= 15 is 0 Å². The van der Waals surface area contributed by atoms with Crippen molar-refractivity contribution in [1.82, 2.24) is 11.1 Å². The molecule has 0 heterocycles. The minimum absolute atomic E-state index is 0. The fourth-order valence-corrected chi connectivity index (χ4v) is 0. The molecule has 0 amide bonds. The van der Waals surface area contributed by atoms with E-state index < -0.39 is 13.2 Å². The Hall–Kier alpha value is -0.890. The van der Waals surface area contributed by atoms with Gasteiger partial charge in [0.2, 0.25) is 13.2 Å². The summed E-state index contributed by atoms with van der Waals surface area (Å²) in [5.74, 6) is 0. The van der Waals surface area contributed by atoms with Gasteiger partial charge in [0, 0.05) is 0 Å². The van der Waals surface area contributed by atoms with Crippen LogP contribution in [0.1, 0.15) is 0 Å². The number of halogens is 4. The molecular weight excluding hydrogens is 196 g/mol. The van der Waals surface area contributed by atoms with Gasteiger partial charge in [0.05, 0.1) is 0 Å². The topological polar surface area (TPSA) is 78.4 Å². The van der Waals surface area contributed by atoms with Gasteiger partial charge >= 0.3 is 0 Å². The molecule has 0 bridgehead atoms. The number of rotatable bonds is 1. The van der Waals surface area contributed by atoms with Gasteiger partial charge in [-0.2, -0.15) is 4.39 Å². The van der Waals surface area contributed by atoms with E-state index in [0.717, 1.165) is 0 Å². The van der Waals surface area contributed by atoms with Crippen molar-refractivity contribution in [3.63, 3.8) is 0 Å². The summed E-state index contributed by atoms with van der Waals surface area (Å²) in [6, 6.07) is 0. The summed E-state index contributed by atoms with van der Waals surface area (Å²) in [4.78, 5) is 9.68. The maximum atomic E-state index is 11.0. The van der Waals surface area contributed by atoms with E-state index in [-0.39, 0.29) is 12.9 Å². The predicted octanol–water partition coefficient (Wildman–Crippen LogP) is 0.819. The molecule has 84 valence electrons. The van der Waals surface area contributed by atoms with Crippen molar-refractivity contribution in [2.75, 3.05) is 27.8 Å². The second-order valence-electron chi connectivity index (χ2n) is 1.54. The van der Waals surface area contributed by atoms with Crippen LogP contribution in [0, 0.1) is 0 Å². The van der Waals surface area contributed by atoms with Crippen molar-refractivity contribution in [2.45, 2.75) is 0 Å². The van der Waals surface area contributed by atoms with Gasteiger partial charge in [-0.05, 0) is 14.1 Å². The first-order valence-electron chi connectivity index (χ1n) is 2.61. The molecule has 3 N–H and O–H groups in total. The number of nitrogens with zero attached hydrogens (tertiary/aromatic N) is 1. The van der Waals surface area contributed by atoms with E-state index in [1.165, 1.54) is 4.90 Å². The van der Waals surface area contributed by atoms with Gasteiger partial charge in [0.25, 0.3) is 0 Å². The molecule has 0 aromatic heterocycles. The normalized spacial score (nSPS) is 7.00. The van der Waals surface area contributed by atoms with Crippen LogP contribution in [0.4, 0.5) is 22.4 Å². The van der Waals surface area contributed by atoms with Crippen molar-refractivity contribution < 1.29 is 27.5 Å². The summed E-state index contributed by atoms with van der Waals surface area (Å²) in [7, 11) is 3.36. The largest absolute Gasteiger partial charge is 0.520 e. The zero-order valence-corrected chi connectivity index (χ0v) is 7.40. The summed E-state index contributed by atoms with van der Waals surface area (Å²) in [5, 5.41) is 8.22. The van der Waals surface area contributed by atoms with Crippen LogP contribution in [-0.2, 0) is 0 Å². The second kappa shape index (κ2) is 22.5. The standard InChI is InChI=1S/C3H8FN.CH2F2.CHFO2.H3N/c1-5(2)3-4;2-1-3;2-1(3)4;/h3H2,1-2H3;1H2;(H,3,4);1H3/p-1. The number of hydrogen-bond acceptors (Lipinski definition) is 4. The molecule has 0 unspecified atom stereocenters. The first-order chi connectivity index (χ1) is 5.42. The molecule has 0 aliphatic rings. The van der Waals surface area contributed by atoms with Crippen LogP contribution in [0.15, 0.2) is 0 Å². The van der Waals surface area contributed by atoms with Crippen molar-refractivity contribution in [1.29, 1.82) is 0 Å². The molecule has 0 spiro atoms. The molecule has 0 saturated carbocycles. The number of carbonyl (C=O) groups is 1. The molecule has 0 fully saturated rings. The highest BCUT2D eigenvalue weighted by atomic mass is 19.3. The average molecular weight is 209 g/mol. The highest BCUT2D eigenvalue weighted by Gasteiger charge is 1.76. The van der Waals surface area contributed by atoms with E-state index in [1.807, 2.05) is 0 Å². The average Bonchev–Trinajstić information content (AvgIpc) is 1.88. The maximum absolute atomic E-state index is 11.0. The van der Waals surface area contributed by atoms with Crippen LogP contribution in [0.3, 0.4) is 0 Å². The fourth-order valence-electron chi connectivity index (χ4n) is 0. The maximum Gasteiger partial charge on any atom is 0.229 e. The Morgan fingerprint density at radius 3 is 1.38 bits per heavy atom. The van der Waals surface area contributed by atoms with Crippen LogP contribution < -0.4 is 11.3 Å². The van der Waals surface area contributed by atoms with Gasteiger partial charge in [-0.15, -0.1) is 0 Å². The Bertz CT molecular complexity index is 90.6. The molecule has 13 heavy (non-hydrogen) atoms. The van der Waals surface area contributed by atoms with Crippen LogP contribution in [0.5, 0.6) is 0 Å². The van der Waals surface area contributed by atoms with Gasteiger partial charge < -0.3 is 16.1 Å². The van der Waals surface area contributed by atoms with Crippen LogP contribution in [0.25, 0.3) is 0 Å². The molecular formula is C5H13F4N2O2-. The van der Waals surface area contributed by atoms with Crippen LogP contribution >= 0.6 is 0 Å². The second-order valence-corrected chi connectivity index (χ2v) is 1.54. The Balaban J connectivity index is -0.0000000465. The van der Waals surface area contributed by atoms with E-state index in [2.05, 4.69) is 0 Å². The van der Waals surface area contributed by atoms with Crippen molar-refractivity contribution in [3.05, 3.63) is 0 Å². The smallest absolute Gasteiger partial charge is 0.229 e. The quantitative estimate of drug-likeness (QED) is 0.394. The lowest BCUT2D eigenvalue weighted by Gasteiger charge is -1.96. The Morgan fingerprint density at radius 1 is 1.31 bits per heavy atom. The summed E-state index contributed by atoms with van der Waals surface area (Å²) in [6.45, 7) is -2.11. The van der Waals surface area contributed by atoms with Crippen molar-refractivity contribution in [2.24, 2.45) is 0 Å². The molecule has 0 atom stereocenters. The van der Waals surface area contributed by atoms with Gasteiger partial charge in [0.15, 0.2) is 0 Å². The summed E-state index contributed by atoms with van der Waals surface area (Å²) < 4.78 is 40.1. The Morgan fingerprint density at radius 2 is 1.38 bits per heavy atom. The number of hydrogen-bond donors (Lipinski definition) is 1. The lowest BCUT2D eigenvalue weighted by Crippen LogP contribution is -2.12. The lowest BCUT2D eigenvalue weighted by molar-refractivity contribution is -0.264. The van der Waals surface area contributed by atoms with Crippen molar-refractivity contribution >= 4 is 6.22 Å². The third-order valence-electron chi connectivity index (χ3n) is 0.239. The minimum atomic E-state index is -2.58. The minimum Gasteiger partial charge on any atom is -0.520 e. The molecule has 4 nitrogen and oxygen atoms in total. The monoisotopic (exact) mass is 209 g/mol. The van der Waals surface area contributed by atoms with E-state index in [1.54, 1.807) is 14.1 Å². The third-order valence-corrected chi connectivity index (χ3v) is 0.239. The zero-order valence-electron chi connectivity index (χ0n) is 7.40. The number of carbonyl (C=O) groups excluding carboxylic acids is 1. The molecule has 0 saturated heterocycles. The summed E-state index contributed by atoms with van der Waals surface area (Å²) in [5.41, 5.74) is 0. The summed E-state index contributed by atoms with van der Waals surface area (Å²) in [6.07, 6.45) is -2.58. The van der Waals surface area contributed by atoms with Gasteiger partial charge in [-0.1, -0.05) is 0 Å². The SMILES string of the molecule is CN(C)CF.FCF.N.O=C([O-])F. The van der Waals surface area contributed by atoms with Gasteiger partial charge in [-0.25, -0.2) is 13.2 Å². The van der Waals surface area contributed by atoms with E-state index in [9.17, 15) is 17.6 Å². The highest BCUT2D eigenvalue weighted by Crippen LogP contribution is 1.68. The first kappa shape index (κ1) is 22.7. The Kier molecular flexibility index (Phi) is 39.3. The van der Waals surface area contributed by atoms with Crippen LogP contribution in [0.2, 0.25) is 0 Å². The summed E-state index contributed by atoms with van der Waals surface area (Å²) >= 11 is 0. The highest BCUT2D eigenvalue weighted by molar-refractivity contribution is 5.51. The van der Waals surface area contributed by atoms with Crippen LogP contribution in [-0.4, -0.2) is 38.9 Å². The zero-order chi connectivity index (χ0) is 10.6. The van der Waals surface area contributed by atoms with Gasteiger partial charge in [-0.3, -0.25) is 4.90 Å². The molecule has 0 aliphatic carbocycles. The molecule has 0 aromatic rings. The lowest BCUT2D eigenvalue weighted by atomic mass is 11.0. The Labute approximate surface area is 73.7 Å². The van der Waals surface area contributed by atoms with Crippen molar-refractivity contribution in [3.8, 4) is 0 Å². The fraction of sp³-hybridized carbons (Fsp3) is 0.800. The molecule has 0 radical (unpaired) electrons. The third kappa shape index (κ3) is 748. The van der Waals surface area contributed by atoms with E-state index in [4.69, 9.17) is 9.90 Å². The van der Waals surface area contributed by atoms with Gasteiger partial charge in [0.1, 0.15) is 6.80 Å². The molecule has 8 heteroatoms. The molecule has 0 rings (SSSR count). The number of alkyl halides is 3. The first-order valence-corrected chi connectivity index (χ1v) is 2.61.